The predicted molar refractivity (Wildman–Crippen MR) is 81.3 cm³/mol. The van der Waals surface area contributed by atoms with Crippen molar-refractivity contribution in [3.8, 4) is 11.5 Å². The molecule has 3 N–H and O–H groups in total. The first-order valence-corrected chi connectivity index (χ1v) is 6.93. The molecule has 0 aliphatic carbocycles. The molecule has 5 nitrogen and oxygen atoms in total. The summed E-state index contributed by atoms with van der Waals surface area (Å²) in [6.07, 6.45) is 0.849. The SMILES string of the molecule is CCOc1cc2nc(CC)cc(NN)c2cc1OCC. The number of nitrogen functional groups attached to an aromatic ring is 1. The van der Waals surface area contributed by atoms with Gasteiger partial charge in [0.05, 0.1) is 24.4 Å². The Hall–Kier alpha value is -2.01. The summed E-state index contributed by atoms with van der Waals surface area (Å²) in [5.74, 6) is 7.04. The van der Waals surface area contributed by atoms with Gasteiger partial charge < -0.3 is 14.9 Å². The molecule has 0 amide bonds. The number of hydrogen-bond donors (Lipinski definition) is 2. The van der Waals surface area contributed by atoms with Crippen LogP contribution < -0.4 is 20.7 Å². The highest BCUT2D eigenvalue weighted by Crippen LogP contribution is 2.35. The Morgan fingerprint density at radius 3 is 2.25 bits per heavy atom. The minimum absolute atomic E-state index is 0.581. The summed E-state index contributed by atoms with van der Waals surface area (Å²) in [5, 5.41) is 0.927. The molecule has 1 aromatic heterocycles. The summed E-state index contributed by atoms with van der Waals surface area (Å²) in [6.45, 7) is 7.12. The fourth-order valence-corrected chi connectivity index (χ4v) is 2.13. The zero-order valence-corrected chi connectivity index (χ0v) is 12.2. The third kappa shape index (κ3) is 2.77. The first kappa shape index (κ1) is 14.4. The van der Waals surface area contributed by atoms with Gasteiger partial charge in [-0.15, -0.1) is 0 Å². The standard InChI is InChI=1S/C15H21N3O2/c1-4-10-7-13(18-16)11-8-14(19-5-2)15(20-6-3)9-12(11)17-10/h7-9H,4-6,16H2,1-3H3,(H,17,18). The zero-order chi connectivity index (χ0) is 14.5. The van der Waals surface area contributed by atoms with Gasteiger partial charge in [-0.05, 0) is 32.4 Å². The molecule has 0 saturated carbocycles. The van der Waals surface area contributed by atoms with Gasteiger partial charge in [-0.25, -0.2) is 0 Å². The second kappa shape index (κ2) is 6.43. The van der Waals surface area contributed by atoms with Crippen LogP contribution in [0, 0.1) is 0 Å². The highest BCUT2D eigenvalue weighted by atomic mass is 16.5. The highest BCUT2D eigenvalue weighted by molar-refractivity contribution is 5.93. The first-order chi connectivity index (χ1) is 9.73. The van der Waals surface area contributed by atoms with E-state index in [1.165, 1.54) is 0 Å². The first-order valence-electron chi connectivity index (χ1n) is 6.93. The quantitative estimate of drug-likeness (QED) is 0.626. The molecule has 108 valence electrons. The number of nitrogens with zero attached hydrogens (tertiary/aromatic N) is 1. The molecule has 0 fully saturated rings. The fraction of sp³-hybridized carbons (Fsp3) is 0.400. The van der Waals surface area contributed by atoms with Gasteiger partial charge in [-0.2, -0.15) is 0 Å². The molecule has 1 aromatic carbocycles. The topological polar surface area (TPSA) is 69.4 Å². The molecule has 5 heteroatoms. The third-order valence-electron chi connectivity index (χ3n) is 3.04. The molecule has 0 spiro atoms. The predicted octanol–water partition coefficient (Wildman–Crippen LogP) is 2.88. The number of anilines is 1. The van der Waals surface area contributed by atoms with Crippen molar-refractivity contribution in [2.45, 2.75) is 27.2 Å². The van der Waals surface area contributed by atoms with E-state index in [9.17, 15) is 0 Å². The van der Waals surface area contributed by atoms with Crippen molar-refractivity contribution in [1.29, 1.82) is 0 Å². The summed E-state index contributed by atoms with van der Waals surface area (Å²) >= 11 is 0. The van der Waals surface area contributed by atoms with Crippen LogP contribution in [0.2, 0.25) is 0 Å². The van der Waals surface area contributed by atoms with Gasteiger partial charge in [0.2, 0.25) is 0 Å². The Morgan fingerprint density at radius 1 is 1.05 bits per heavy atom. The number of nitrogens with one attached hydrogen (secondary N) is 1. The number of benzene rings is 1. The lowest BCUT2D eigenvalue weighted by atomic mass is 10.1. The van der Waals surface area contributed by atoms with E-state index < -0.39 is 0 Å². The van der Waals surface area contributed by atoms with Crippen molar-refractivity contribution in [2.75, 3.05) is 18.6 Å². The van der Waals surface area contributed by atoms with Gasteiger partial charge in [-0.1, -0.05) is 6.92 Å². The number of fused-ring (bicyclic) bond motifs is 1. The Balaban J connectivity index is 2.65. The smallest absolute Gasteiger partial charge is 0.163 e. The lowest BCUT2D eigenvalue weighted by Gasteiger charge is -2.14. The Morgan fingerprint density at radius 2 is 1.70 bits per heavy atom. The van der Waals surface area contributed by atoms with E-state index in [1.807, 2.05) is 32.0 Å². The van der Waals surface area contributed by atoms with Crippen LogP contribution in [0.3, 0.4) is 0 Å². The van der Waals surface area contributed by atoms with Crippen molar-refractivity contribution >= 4 is 16.6 Å². The molecule has 2 rings (SSSR count). The number of aryl methyl sites for hydroxylation is 1. The van der Waals surface area contributed by atoms with Crippen LogP contribution in [0.25, 0.3) is 10.9 Å². The molecule has 20 heavy (non-hydrogen) atoms. The van der Waals surface area contributed by atoms with E-state index in [2.05, 4.69) is 17.3 Å². The van der Waals surface area contributed by atoms with Crippen molar-refractivity contribution in [2.24, 2.45) is 5.84 Å². The number of pyridine rings is 1. The largest absolute Gasteiger partial charge is 0.490 e. The number of rotatable bonds is 6. The normalized spacial score (nSPS) is 10.6. The van der Waals surface area contributed by atoms with Crippen LogP contribution in [-0.2, 0) is 6.42 Å². The molecule has 0 unspecified atom stereocenters. The second-order valence-corrected chi connectivity index (χ2v) is 4.34. The Labute approximate surface area is 119 Å². The van der Waals surface area contributed by atoms with E-state index in [0.29, 0.717) is 24.7 Å². The van der Waals surface area contributed by atoms with Crippen LogP contribution in [0.4, 0.5) is 5.69 Å². The van der Waals surface area contributed by atoms with Crippen LogP contribution in [0.15, 0.2) is 18.2 Å². The monoisotopic (exact) mass is 275 g/mol. The van der Waals surface area contributed by atoms with Gasteiger partial charge in [0.15, 0.2) is 11.5 Å². The van der Waals surface area contributed by atoms with E-state index in [-0.39, 0.29) is 0 Å². The minimum atomic E-state index is 0.581. The maximum Gasteiger partial charge on any atom is 0.163 e. The molecule has 0 bridgehead atoms. The third-order valence-corrected chi connectivity index (χ3v) is 3.04. The summed E-state index contributed by atoms with van der Waals surface area (Å²) in [5.41, 5.74) is 5.41. The summed E-state index contributed by atoms with van der Waals surface area (Å²) in [7, 11) is 0. The lowest BCUT2D eigenvalue weighted by Crippen LogP contribution is -2.09. The summed E-state index contributed by atoms with van der Waals surface area (Å²) in [4.78, 5) is 4.62. The van der Waals surface area contributed by atoms with E-state index >= 15 is 0 Å². The Kier molecular flexibility index (Phi) is 4.63. The number of aromatic nitrogens is 1. The van der Waals surface area contributed by atoms with Gasteiger partial charge in [0.1, 0.15) is 0 Å². The average Bonchev–Trinajstić information content (AvgIpc) is 2.47. The van der Waals surface area contributed by atoms with E-state index in [0.717, 1.165) is 28.7 Å². The van der Waals surface area contributed by atoms with Gasteiger partial charge in [-0.3, -0.25) is 10.8 Å². The second-order valence-electron chi connectivity index (χ2n) is 4.34. The van der Waals surface area contributed by atoms with Crippen LogP contribution in [0.5, 0.6) is 11.5 Å². The average molecular weight is 275 g/mol. The summed E-state index contributed by atoms with van der Waals surface area (Å²) in [6, 6.07) is 5.79. The molecule has 0 radical (unpaired) electrons. The van der Waals surface area contributed by atoms with E-state index in [1.54, 1.807) is 0 Å². The van der Waals surface area contributed by atoms with Gasteiger partial charge >= 0.3 is 0 Å². The number of hydrazine groups is 1. The molecule has 0 saturated heterocycles. The summed E-state index contributed by atoms with van der Waals surface area (Å²) < 4.78 is 11.3. The molecular formula is C15H21N3O2. The molecule has 0 atom stereocenters. The van der Waals surface area contributed by atoms with Gasteiger partial charge in [0, 0.05) is 17.1 Å². The lowest BCUT2D eigenvalue weighted by molar-refractivity contribution is 0.288. The zero-order valence-electron chi connectivity index (χ0n) is 12.2. The molecule has 1 heterocycles. The maximum atomic E-state index is 5.63. The molecular weight excluding hydrogens is 254 g/mol. The Bertz CT molecular complexity index is 599. The molecule has 2 aromatic rings. The van der Waals surface area contributed by atoms with Crippen LogP contribution in [-0.4, -0.2) is 18.2 Å². The maximum absolute atomic E-state index is 5.63. The minimum Gasteiger partial charge on any atom is -0.490 e. The van der Waals surface area contributed by atoms with Crippen molar-refractivity contribution in [3.05, 3.63) is 23.9 Å². The highest BCUT2D eigenvalue weighted by Gasteiger charge is 2.12. The van der Waals surface area contributed by atoms with Crippen LogP contribution in [0.1, 0.15) is 26.5 Å². The van der Waals surface area contributed by atoms with E-state index in [4.69, 9.17) is 15.3 Å². The number of nitrogens with two attached hydrogens (primary N) is 1. The van der Waals surface area contributed by atoms with Crippen molar-refractivity contribution < 1.29 is 9.47 Å². The van der Waals surface area contributed by atoms with Gasteiger partial charge in [0.25, 0.3) is 0 Å². The van der Waals surface area contributed by atoms with Crippen molar-refractivity contribution in [3.63, 3.8) is 0 Å². The molecule has 0 aliphatic rings. The van der Waals surface area contributed by atoms with Crippen LogP contribution >= 0.6 is 0 Å². The fourth-order valence-electron chi connectivity index (χ4n) is 2.13. The number of ether oxygens (including phenoxy) is 2. The van der Waals surface area contributed by atoms with Crippen molar-refractivity contribution in [1.82, 2.24) is 4.98 Å². The number of hydrogen-bond acceptors (Lipinski definition) is 5. The molecule has 0 aliphatic heterocycles.